The van der Waals surface area contributed by atoms with Crippen LogP contribution >= 0.6 is 0 Å². The van der Waals surface area contributed by atoms with Crippen molar-refractivity contribution in [3.63, 3.8) is 0 Å². The quantitative estimate of drug-likeness (QED) is 0.575. The zero-order valence-corrected chi connectivity index (χ0v) is 17.6. The summed E-state index contributed by atoms with van der Waals surface area (Å²) in [7, 11) is 0. The van der Waals surface area contributed by atoms with Gasteiger partial charge in [-0.3, -0.25) is 9.59 Å². The SMILES string of the molecule is Cc1cc(C[C@H](NC(=O)[C@@H]2CCCN(C(=O)CCC3CCNCC3)C2)C(=O)O)on1. The smallest absolute Gasteiger partial charge is 0.326 e. The summed E-state index contributed by atoms with van der Waals surface area (Å²) in [6.07, 6.45) is 5.06. The number of nitrogens with zero attached hydrogens (tertiary/aromatic N) is 2. The fourth-order valence-corrected chi connectivity index (χ4v) is 4.28. The molecule has 0 spiro atoms. The van der Waals surface area contributed by atoms with Crippen molar-refractivity contribution in [3.8, 4) is 0 Å². The number of aryl methyl sites for hydroxylation is 1. The average molecular weight is 421 g/mol. The molecule has 1 aromatic rings. The molecule has 3 N–H and O–H groups in total. The Kier molecular flexibility index (Phi) is 7.84. The zero-order valence-electron chi connectivity index (χ0n) is 17.6. The first kappa shape index (κ1) is 22.3. The standard InChI is InChI=1S/C21H32N4O5/c1-14-11-17(30-24-14)12-18(21(28)29)23-20(27)16-3-2-10-25(13-16)19(26)5-4-15-6-8-22-9-7-15/h11,15-16,18,22H,2-10,12-13H2,1H3,(H,23,27)(H,28,29)/t16-,18+/m1/s1. The fourth-order valence-electron chi connectivity index (χ4n) is 4.28. The first-order valence-electron chi connectivity index (χ1n) is 10.9. The van der Waals surface area contributed by atoms with E-state index in [2.05, 4.69) is 15.8 Å². The molecule has 2 aliphatic heterocycles. The van der Waals surface area contributed by atoms with E-state index in [9.17, 15) is 19.5 Å². The molecule has 30 heavy (non-hydrogen) atoms. The van der Waals surface area contributed by atoms with E-state index in [1.165, 1.54) is 0 Å². The van der Waals surface area contributed by atoms with Gasteiger partial charge in [0.2, 0.25) is 11.8 Å². The number of amides is 2. The Bertz CT molecular complexity index is 744. The van der Waals surface area contributed by atoms with Gasteiger partial charge in [-0.1, -0.05) is 5.16 Å². The second-order valence-corrected chi connectivity index (χ2v) is 8.45. The number of carbonyl (C=O) groups is 3. The number of rotatable bonds is 8. The lowest BCUT2D eigenvalue weighted by Crippen LogP contribution is -2.50. The number of aromatic nitrogens is 1. The summed E-state index contributed by atoms with van der Waals surface area (Å²) in [6.45, 7) is 4.80. The van der Waals surface area contributed by atoms with E-state index in [0.717, 1.165) is 38.8 Å². The number of carboxylic acids is 1. The maximum absolute atomic E-state index is 12.7. The molecular weight excluding hydrogens is 388 g/mol. The van der Waals surface area contributed by atoms with Crippen LogP contribution in [0.5, 0.6) is 0 Å². The number of hydrogen-bond acceptors (Lipinski definition) is 6. The Morgan fingerprint density at radius 3 is 2.77 bits per heavy atom. The minimum Gasteiger partial charge on any atom is -0.480 e. The van der Waals surface area contributed by atoms with Crippen molar-refractivity contribution < 1.29 is 24.0 Å². The molecule has 0 saturated carbocycles. The van der Waals surface area contributed by atoms with Crippen LogP contribution in [0.3, 0.4) is 0 Å². The molecule has 9 nitrogen and oxygen atoms in total. The van der Waals surface area contributed by atoms with Crippen LogP contribution in [0.1, 0.15) is 50.0 Å². The molecule has 0 bridgehead atoms. The third-order valence-corrected chi connectivity index (χ3v) is 6.07. The number of carbonyl (C=O) groups excluding carboxylic acids is 2. The Labute approximate surface area is 176 Å². The van der Waals surface area contributed by atoms with E-state index >= 15 is 0 Å². The number of piperidine rings is 2. The Balaban J connectivity index is 1.49. The second-order valence-electron chi connectivity index (χ2n) is 8.45. The first-order chi connectivity index (χ1) is 14.4. The number of hydrogen-bond donors (Lipinski definition) is 3. The Morgan fingerprint density at radius 2 is 2.10 bits per heavy atom. The first-order valence-corrected chi connectivity index (χ1v) is 10.9. The predicted octanol–water partition coefficient (Wildman–Crippen LogP) is 1.11. The van der Waals surface area contributed by atoms with E-state index in [4.69, 9.17) is 4.52 Å². The van der Waals surface area contributed by atoms with E-state index in [1.807, 2.05) is 0 Å². The van der Waals surface area contributed by atoms with Gasteiger partial charge in [0, 0.05) is 32.0 Å². The van der Waals surface area contributed by atoms with Crippen LogP contribution in [-0.4, -0.2) is 65.2 Å². The van der Waals surface area contributed by atoms with Crippen molar-refractivity contribution in [2.75, 3.05) is 26.2 Å². The van der Waals surface area contributed by atoms with Gasteiger partial charge in [0.25, 0.3) is 0 Å². The Hall–Kier alpha value is -2.42. The fraction of sp³-hybridized carbons (Fsp3) is 0.714. The number of nitrogens with one attached hydrogen (secondary N) is 2. The van der Waals surface area contributed by atoms with Gasteiger partial charge in [0.15, 0.2) is 0 Å². The zero-order chi connectivity index (χ0) is 21.5. The predicted molar refractivity (Wildman–Crippen MR) is 109 cm³/mol. The lowest BCUT2D eigenvalue weighted by atomic mass is 9.92. The van der Waals surface area contributed by atoms with Crippen LogP contribution in [0, 0.1) is 18.8 Å². The molecule has 2 amide bonds. The van der Waals surface area contributed by atoms with Crippen LogP contribution in [0.4, 0.5) is 0 Å². The van der Waals surface area contributed by atoms with Crippen molar-refractivity contribution in [3.05, 3.63) is 17.5 Å². The van der Waals surface area contributed by atoms with E-state index in [0.29, 0.717) is 43.3 Å². The molecule has 2 aliphatic rings. The lowest BCUT2D eigenvalue weighted by molar-refractivity contribution is -0.144. The summed E-state index contributed by atoms with van der Waals surface area (Å²) in [6, 6.07) is 0.571. The molecule has 2 fully saturated rings. The van der Waals surface area contributed by atoms with Crippen molar-refractivity contribution in [2.24, 2.45) is 11.8 Å². The van der Waals surface area contributed by atoms with Gasteiger partial charge in [-0.15, -0.1) is 0 Å². The maximum Gasteiger partial charge on any atom is 0.326 e. The largest absolute Gasteiger partial charge is 0.480 e. The van der Waals surface area contributed by atoms with Crippen molar-refractivity contribution in [2.45, 2.75) is 57.9 Å². The van der Waals surface area contributed by atoms with Gasteiger partial charge in [-0.25, -0.2) is 4.79 Å². The summed E-state index contributed by atoms with van der Waals surface area (Å²) in [5.74, 6) is -0.732. The van der Waals surface area contributed by atoms with Gasteiger partial charge in [0.1, 0.15) is 11.8 Å². The topological polar surface area (TPSA) is 125 Å². The van der Waals surface area contributed by atoms with E-state index in [1.54, 1.807) is 17.9 Å². The molecule has 3 heterocycles. The van der Waals surface area contributed by atoms with Gasteiger partial charge in [-0.05, 0) is 58.0 Å². The monoisotopic (exact) mass is 420 g/mol. The summed E-state index contributed by atoms with van der Waals surface area (Å²) in [5, 5.41) is 19.2. The average Bonchev–Trinajstić information content (AvgIpc) is 3.17. The minimum atomic E-state index is -1.12. The molecule has 3 rings (SSSR count). The molecule has 2 saturated heterocycles. The highest BCUT2D eigenvalue weighted by Gasteiger charge is 2.31. The van der Waals surface area contributed by atoms with Gasteiger partial charge in [-0.2, -0.15) is 0 Å². The molecule has 0 unspecified atom stereocenters. The summed E-state index contributed by atoms with van der Waals surface area (Å²) in [4.78, 5) is 38.7. The second kappa shape index (κ2) is 10.6. The number of likely N-dealkylation sites (tertiary alicyclic amines) is 1. The van der Waals surface area contributed by atoms with Gasteiger partial charge < -0.3 is 25.2 Å². The molecule has 1 aromatic heterocycles. The summed E-state index contributed by atoms with van der Waals surface area (Å²) >= 11 is 0. The van der Waals surface area contributed by atoms with E-state index in [-0.39, 0.29) is 24.2 Å². The third kappa shape index (κ3) is 6.29. The van der Waals surface area contributed by atoms with Crippen LogP contribution in [0.15, 0.2) is 10.6 Å². The van der Waals surface area contributed by atoms with E-state index < -0.39 is 12.0 Å². The van der Waals surface area contributed by atoms with Crippen LogP contribution in [-0.2, 0) is 20.8 Å². The highest BCUT2D eigenvalue weighted by Crippen LogP contribution is 2.22. The lowest BCUT2D eigenvalue weighted by Gasteiger charge is -2.33. The maximum atomic E-state index is 12.7. The molecule has 2 atom stereocenters. The molecule has 0 aromatic carbocycles. The minimum absolute atomic E-state index is 0.0352. The molecule has 0 aliphatic carbocycles. The molecule has 9 heteroatoms. The normalized spacial score (nSPS) is 21.2. The van der Waals surface area contributed by atoms with Crippen LogP contribution in [0.2, 0.25) is 0 Å². The van der Waals surface area contributed by atoms with Crippen molar-refractivity contribution >= 4 is 17.8 Å². The van der Waals surface area contributed by atoms with Crippen molar-refractivity contribution in [1.29, 1.82) is 0 Å². The van der Waals surface area contributed by atoms with Crippen LogP contribution in [0.25, 0.3) is 0 Å². The number of aliphatic carboxylic acids is 1. The van der Waals surface area contributed by atoms with Gasteiger partial charge >= 0.3 is 5.97 Å². The number of carboxylic acid groups (broad SMARTS) is 1. The molecule has 0 radical (unpaired) electrons. The highest BCUT2D eigenvalue weighted by molar-refractivity contribution is 5.86. The summed E-state index contributed by atoms with van der Waals surface area (Å²) < 4.78 is 5.08. The highest BCUT2D eigenvalue weighted by atomic mass is 16.5. The molecule has 166 valence electrons. The summed E-state index contributed by atoms with van der Waals surface area (Å²) in [5.41, 5.74) is 0.659. The third-order valence-electron chi connectivity index (χ3n) is 6.07. The van der Waals surface area contributed by atoms with Crippen LogP contribution < -0.4 is 10.6 Å². The van der Waals surface area contributed by atoms with Gasteiger partial charge in [0.05, 0.1) is 11.6 Å². The van der Waals surface area contributed by atoms with Crippen molar-refractivity contribution in [1.82, 2.24) is 20.7 Å². The Morgan fingerprint density at radius 1 is 1.33 bits per heavy atom. The molecular formula is C21H32N4O5.